The Morgan fingerprint density at radius 3 is 2.44 bits per heavy atom. The zero-order valence-corrected chi connectivity index (χ0v) is 15.3. The molecule has 0 atom stereocenters. The van der Waals surface area contributed by atoms with Crippen molar-refractivity contribution in [2.24, 2.45) is 0 Å². The molecule has 4 rings (SSSR count). The second kappa shape index (κ2) is 6.90. The first-order valence-corrected chi connectivity index (χ1v) is 9.14. The van der Waals surface area contributed by atoms with E-state index in [1.165, 1.54) is 27.9 Å². The molecule has 2 heterocycles. The van der Waals surface area contributed by atoms with Crippen LogP contribution >= 0.6 is 22.9 Å². The van der Waals surface area contributed by atoms with Crippen molar-refractivity contribution in [3.8, 4) is 11.3 Å². The lowest BCUT2D eigenvalue weighted by Gasteiger charge is -2.04. The summed E-state index contributed by atoms with van der Waals surface area (Å²) in [5.74, 6) is 0. The maximum absolute atomic E-state index is 13.0. The summed E-state index contributed by atoms with van der Waals surface area (Å²) in [7, 11) is 0. The normalized spacial score (nSPS) is 11.0. The number of fused-ring (bicyclic) bond motifs is 1. The van der Waals surface area contributed by atoms with Crippen LogP contribution in [0.1, 0.15) is 11.3 Å². The summed E-state index contributed by atoms with van der Waals surface area (Å²) in [6.07, 6.45) is 0.335. The zero-order chi connectivity index (χ0) is 19.0. The molecule has 0 aliphatic rings. The first kappa shape index (κ1) is 17.3. The van der Waals surface area contributed by atoms with Gasteiger partial charge < -0.3 is 0 Å². The lowest BCUT2D eigenvalue weighted by atomic mass is 10.1. The highest BCUT2D eigenvalue weighted by Crippen LogP contribution is 2.25. The summed E-state index contributed by atoms with van der Waals surface area (Å²) < 4.78 is 1.49. The third kappa shape index (κ3) is 3.32. The summed E-state index contributed by atoms with van der Waals surface area (Å²) in [4.78, 5) is 23.8. The Morgan fingerprint density at radius 1 is 1.07 bits per heavy atom. The summed E-state index contributed by atoms with van der Waals surface area (Å²) >= 11 is 7.18. The molecule has 0 fully saturated rings. The SMILES string of the molecule is O=c1c(Cc2ccc(Cl)cc2)nnc2scc(-c3ccc([N+](=O)[O-])cc3)n12. The summed E-state index contributed by atoms with van der Waals surface area (Å²) in [5.41, 5.74) is 2.27. The number of benzene rings is 2. The molecule has 0 aliphatic heterocycles. The van der Waals surface area contributed by atoms with E-state index in [4.69, 9.17) is 11.6 Å². The third-order valence-electron chi connectivity index (χ3n) is 4.07. The molecule has 0 saturated carbocycles. The minimum absolute atomic E-state index is 0.00569. The minimum atomic E-state index is -0.461. The molecular formula is C18H11ClN4O3S. The summed E-state index contributed by atoms with van der Waals surface area (Å²) in [5, 5.41) is 21.5. The lowest BCUT2D eigenvalue weighted by molar-refractivity contribution is -0.384. The second-order valence-corrected chi connectivity index (χ2v) is 7.07. The number of rotatable bonds is 4. The molecule has 2 aromatic heterocycles. The molecule has 0 N–H and O–H groups in total. The van der Waals surface area contributed by atoms with Gasteiger partial charge in [-0.1, -0.05) is 23.7 Å². The van der Waals surface area contributed by atoms with E-state index in [0.717, 1.165) is 5.56 Å². The number of nitro groups is 1. The number of nitrogens with zero attached hydrogens (tertiary/aromatic N) is 4. The van der Waals surface area contributed by atoms with Crippen molar-refractivity contribution in [2.45, 2.75) is 6.42 Å². The van der Waals surface area contributed by atoms with Crippen LogP contribution in [0.25, 0.3) is 16.2 Å². The molecule has 7 nitrogen and oxygen atoms in total. The smallest absolute Gasteiger partial charge is 0.267 e. The van der Waals surface area contributed by atoms with Crippen LogP contribution in [-0.4, -0.2) is 19.5 Å². The van der Waals surface area contributed by atoms with E-state index >= 15 is 0 Å². The van der Waals surface area contributed by atoms with Crippen LogP contribution in [0.4, 0.5) is 5.69 Å². The Hall–Kier alpha value is -3.10. The topological polar surface area (TPSA) is 90.4 Å². The van der Waals surface area contributed by atoms with E-state index in [2.05, 4.69) is 10.2 Å². The molecule has 0 aliphatic carbocycles. The van der Waals surface area contributed by atoms with Crippen molar-refractivity contribution < 1.29 is 4.92 Å². The van der Waals surface area contributed by atoms with Gasteiger partial charge in [-0.3, -0.25) is 14.9 Å². The molecular weight excluding hydrogens is 388 g/mol. The number of aromatic nitrogens is 3. The van der Waals surface area contributed by atoms with E-state index in [9.17, 15) is 14.9 Å². The first-order valence-electron chi connectivity index (χ1n) is 7.88. The maximum atomic E-state index is 13.0. The fraction of sp³-hybridized carbons (Fsp3) is 0.0556. The monoisotopic (exact) mass is 398 g/mol. The van der Waals surface area contributed by atoms with Crippen LogP contribution in [0.3, 0.4) is 0 Å². The maximum Gasteiger partial charge on any atom is 0.281 e. The fourth-order valence-corrected chi connectivity index (χ4v) is 3.67. The van der Waals surface area contributed by atoms with E-state index in [1.54, 1.807) is 29.6 Å². The van der Waals surface area contributed by atoms with Gasteiger partial charge in [0.1, 0.15) is 5.69 Å². The Labute approximate surface area is 161 Å². The Balaban J connectivity index is 1.78. The highest BCUT2D eigenvalue weighted by molar-refractivity contribution is 7.15. The molecule has 0 spiro atoms. The van der Waals surface area contributed by atoms with Gasteiger partial charge in [0.15, 0.2) is 0 Å². The molecule has 0 bridgehead atoms. The highest BCUT2D eigenvalue weighted by Gasteiger charge is 2.15. The van der Waals surface area contributed by atoms with Crippen LogP contribution in [0.15, 0.2) is 58.7 Å². The van der Waals surface area contributed by atoms with Gasteiger partial charge in [0.25, 0.3) is 11.2 Å². The third-order valence-corrected chi connectivity index (χ3v) is 5.14. The molecule has 0 radical (unpaired) electrons. The Morgan fingerprint density at radius 2 is 1.78 bits per heavy atom. The van der Waals surface area contributed by atoms with Crippen molar-refractivity contribution in [1.82, 2.24) is 14.6 Å². The number of non-ortho nitro benzene ring substituents is 1. The number of hydrogen-bond acceptors (Lipinski definition) is 6. The number of halogens is 1. The second-order valence-electron chi connectivity index (χ2n) is 5.80. The average molecular weight is 399 g/mol. The average Bonchev–Trinajstić information content (AvgIpc) is 3.11. The molecule has 9 heteroatoms. The number of hydrogen-bond donors (Lipinski definition) is 0. The molecule has 0 saturated heterocycles. The van der Waals surface area contributed by atoms with Gasteiger partial charge in [0, 0.05) is 34.5 Å². The molecule has 0 unspecified atom stereocenters. The van der Waals surface area contributed by atoms with Gasteiger partial charge in [-0.15, -0.1) is 21.5 Å². The fourth-order valence-electron chi connectivity index (χ4n) is 2.71. The minimum Gasteiger partial charge on any atom is -0.267 e. The number of thiazole rings is 1. The van der Waals surface area contributed by atoms with Crippen molar-refractivity contribution >= 4 is 33.6 Å². The molecule has 2 aromatic carbocycles. The van der Waals surface area contributed by atoms with Crippen LogP contribution in [-0.2, 0) is 6.42 Å². The van der Waals surface area contributed by atoms with E-state index < -0.39 is 4.92 Å². The van der Waals surface area contributed by atoms with Crippen molar-refractivity contribution in [3.05, 3.63) is 90.7 Å². The summed E-state index contributed by atoms with van der Waals surface area (Å²) in [6, 6.07) is 13.2. The largest absolute Gasteiger partial charge is 0.281 e. The van der Waals surface area contributed by atoms with E-state index in [-0.39, 0.29) is 11.2 Å². The first-order chi connectivity index (χ1) is 13.0. The molecule has 134 valence electrons. The quantitative estimate of drug-likeness (QED) is 0.383. The van der Waals surface area contributed by atoms with Crippen LogP contribution in [0, 0.1) is 10.1 Å². The van der Waals surface area contributed by atoms with Crippen LogP contribution < -0.4 is 5.56 Å². The lowest BCUT2D eigenvalue weighted by Crippen LogP contribution is -2.21. The molecule has 4 aromatic rings. The van der Waals surface area contributed by atoms with Crippen molar-refractivity contribution in [1.29, 1.82) is 0 Å². The van der Waals surface area contributed by atoms with E-state index in [0.29, 0.717) is 33.4 Å². The predicted molar refractivity (Wildman–Crippen MR) is 103 cm³/mol. The Bertz CT molecular complexity index is 1200. The van der Waals surface area contributed by atoms with Gasteiger partial charge in [0.05, 0.1) is 10.6 Å². The number of nitro benzene ring substituents is 1. The van der Waals surface area contributed by atoms with Gasteiger partial charge in [-0.25, -0.2) is 4.40 Å². The highest BCUT2D eigenvalue weighted by atomic mass is 35.5. The summed E-state index contributed by atoms with van der Waals surface area (Å²) in [6.45, 7) is 0. The van der Waals surface area contributed by atoms with E-state index in [1.807, 2.05) is 12.1 Å². The van der Waals surface area contributed by atoms with Crippen LogP contribution in [0.2, 0.25) is 5.02 Å². The van der Waals surface area contributed by atoms with Crippen molar-refractivity contribution in [2.75, 3.05) is 0 Å². The predicted octanol–water partition coefficient (Wildman–Crippen LogP) is 3.97. The van der Waals surface area contributed by atoms with Gasteiger partial charge in [0.2, 0.25) is 4.96 Å². The Kier molecular flexibility index (Phi) is 4.43. The van der Waals surface area contributed by atoms with Gasteiger partial charge in [-0.2, -0.15) is 0 Å². The van der Waals surface area contributed by atoms with Crippen LogP contribution in [0.5, 0.6) is 0 Å². The van der Waals surface area contributed by atoms with Gasteiger partial charge >= 0.3 is 0 Å². The molecule has 27 heavy (non-hydrogen) atoms. The molecule has 0 amide bonds. The van der Waals surface area contributed by atoms with Gasteiger partial charge in [-0.05, 0) is 29.8 Å². The zero-order valence-electron chi connectivity index (χ0n) is 13.7. The van der Waals surface area contributed by atoms with Crippen molar-refractivity contribution in [3.63, 3.8) is 0 Å². The standard InChI is InChI=1S/C18H11ClN4O3S/c19-13-5-1-11(2-6-13)9-15-17(24)22-16(10-27-18(22)21-20-15)12-3-7-14(8-4-12)23(25)26/h1-8,10H,9H2.